The first kappa shape index (κ1) is 9.89. The normalized spacial score (nSPS) is 12.1. The molecule has 0 atom stereocenters. The summed E-state index contributed by atoms with van der Waals surface area (Å²) in [7, 11) is 1.68. The van der Waals surface area contributed by atoms with Gasteiger partial charge in [-0.3, -0.25) is 0 Å². The van der Waals surface area contributed by atoms with Gasteiger partial charge in [0.1, 0.15) is 0 Å². The van der Waals surface area contributed by atoms with Crippen LogP contribution in [0.2, 0.25) is 0 Å². The lowest BCUT2D eigenvalue weighted by molar-refractivity contribution is 0.609. The summed E-state index contributed by atoms with van der Waals surface area (Å²) in [6.07, 6.45) is 0. The zero-order valence-electron chi connectivity index (χ0n) is 6.97. The Morgan fingerprint density at radius 1 is 1.43 bits per heavy atom. The quantitative estimate of drug-likeness (QED) is 0.766. The van der Waals surface area contributed by atoms with E-state index in [1.54, 1.807) is 23.7 Å². The minimum absolute atomic E-state index is 0.137. The average molecular weight is 248 g/mol. The van der Waals surface area contributed by atoms with Crippen LogP contribution in [0.4, 0.5) is 0 Å². The highest BCUT2D eigenvalue weighted by Gasteiger charge is 2.07. The molecule has 0 spiro atoms. The lowest BCUT2D eigenvalue weighted by Crippen LogP contribution is -1.94. The molecule has 14 heavy (non-hydrogen) atoms. The van der Waals surface area contributed by atoms with Crippen LogP contribution in [-0.4, -0.2) is 13.4 Å². The van der Waals surface area contributed by atoms with Gasteiger partial charge in [0.15, 0.2) is 0 Å². The van der Waals surface area contributed by atoms with Gasteiger partial charge in [0.25, 0.3) is 0 Å². The Morgan fingerprint density at radius 2 is 2.21 bits per heavy atom. The van der Waals surface area contributed by atoms with Crippen LogP contribution in [0.15, 0.2) is 23.7 Å². The summed E-state index contributed by atoms with van der Waals surface area (Å²) in [5, 5.41) is 0. The molecule has 0 aliphatic carbocycles. The zero-order valence-corrected chi connectivity index (χ0v) is 9.36. The molecule has 1 aromatic heterocycles. The fourth-order valence-corrected chi connectivity index (χ4v) is 2.88. The van der Waals surface area contributed by atoms with Crippen LogP contribution in [0.25, 0.3) is 10.2 Å². The Labute approximate surface area is 89.8 Å². The van der Waals surface area contributed by atoms with Crippen LogP contribution in [0.1, 0.15) is 5.56 Å². The number of thiazole rings is 1. The molecule has 1 heterocycles. The van der Waals surface area contributed by atoms with Crippen LogP contribution in [0.5, 0.6) is 0 Å². The Bertz CT molecular complexity index is 561. The number of rotatable bonds is 2. The molecular formula is C8H6ClNO2S2. The van der Waals surface area contributed by atoms with Crippen molar-refractivity contribution in [3.63, 3.8) is 0 Å². The van der Waals surface area contributed by atoms with Crippen molar-refractivity contribution in [2.45, 2.75) is 5.75 Å². The van der Waals surface area contributed by atoms with Gasteiger partial charge in [-0.05, 0) is 17.7 Å². The molecule has 0 unspecified atom stereocenters. The van der Waals surface area contributed by atoms with Crippen molar-refractivity contribution < 1.29 is 8.42 Å². The Morgan fingerprint density at radius 3 is 2.93 bits per heavy atom. The first-order valence-corrected chi connectivity index (χ1v) is 7.15. The summed E-state index contributed by atoms with van der Waals surface area (Å²) in [5.41, 5.74) is 3.30. The van der Waals surface area contributed by atoms with E-state index in [1.807, 2.05) is 0 Å². The number of aromatic nitrogens is 1. The van der Waals surface area contributed by atoms with Crippen molar-refractivity contribution in [2.75, 3.05) is 0 Å². The Kier molecular flexibility index (Phi) is 2.47. The van der Waals surface area contributed by atoms with Gasteiger partial charge in [-0.2, -0.15) is 0 Å². The molecule has 1 aromatic carbocycles. The summed E-state index contributed by atoms with van der Waals surface area (Å²) in [4.78, 5) is 4.09. The molecule has 2 aromatic rings. The van der Waals surface area contributed by atoms with Gasteiger partial charge < -0.3 is 0 Å². The molecule has 0 bridgehead atoms. The van der Waals surface area contributed by atoms with Crippen LogP contribution in [-0.2, 0) is 14.8 Å². The zero-order chi connectivity index (χ0) is 10.2. The van der Waals surface area contributed by atoms with Crippen LogP contribution < -0.4 is 0 Å². The molecule has 0 amide bonds. The van der Waals surface area contributed by atoms with E-state index in [1.165, 1.54) is 11.3 Å². The topological polar surface area (TPSA) is 47.0 Å². The number of hydrogen-bond acceptors (Lipinski definition) is 4. The van der Waals surface area contributed by atoms with Gasteiger partial charge in [-0.25, -0.2) is 13.4 Å². The molecule has 6 heteroatoms. The predicted molar refractivity (Wildman–Crippen MR) is 58.1 cm³/mol. The van der Waals surface area contributed by atoms with Crippen molar-refractivity contribution >= 4 is 41.3 Å². The Balaban J connectivity index is 2.44. The highest BCUT2D eigenvalue weighted by Crippen LogP contribution is 2.20. The van der Waals surface area contributed by atoms with E-state index in [9.17, 15) is 8.42 Å². The van der Waals surface area contributed by atoms with Crippen molar-refractivity contribution in [3.8, 4) is 0 Å². The first-order valence-electron chi connectivity index (χ1n) is 3.79. The highest BCUT2D eigenvalue weighted by atomic mass is 35.7. The summed E-state index contributed by atoms with van der Waals surface area (Å²) < 4.78 is 22.6. The molecular weight excluding hydrogens is 242 g/mol. The maximum absolute atomic E-state index is 10.8. The smallest absolute Gasteiger partial charge is 0.236 e. The fourth-order valence-electron chi connectivity index (χ4n) is 1.19. The van der Waals surface area contributed by atoms with Crippen molar-refractivity contribution in [1.29, 1.82) is 0 Å². The SMILES string of the molecule is O=S(=O)(Cl)Cc1ccc2ncsc2c1. The largest absolute Gasteiger partial charge is 0.245 e. The molecule has 0 fully saturated rings. The monoisotopic (exact) mass is 247 g/mol. The number of benzene rings is 1. The van der Waals surface area contributed by atoms with E-state index in [2.05, 4.69) is 4.98 Å². The molecule has 0 aliphatic heterocycles. The molecule has 3 nitrogen and oxygen atoms in total. The maximum Gasteiger partial charge on any atom is 0.236 e. The maximum atomic E-state index is 10.8. The number of hydrogen-bond donors (Lipinski definition) is 0. The second-order valence-corrected chi connectivity index (χ2v) is 6.50. The summed E-state index contributed by atoms with van der Waals surface area (Å²) in [5.74, 6) is -0.137. The molecule has 0 radical (unpaired) electrons. The molecule has 2 rings (SSSR count). The van der Waals surface area contributed by atoms with Crippen LogP contribution in [0, 0.1) is 0 Å². The van der Waals surface area contributed by atoms with E-state index in [4.69, 9.17) is 10.7 Å². The summed E-state index contributed by atoms with van der Waals surface area (Å²) in [6, 6.07) is 5.32. The molecule has 0 aliphatic rings. The van der Waals surface area contributed by atoms with Gasteiger partial charge in [0, 0.05) is 10.7 Å². The van der Waals surface area contributed by atoms with Gasteiger partial charge in [0.2, 0.25) is 9.05 Å². The van der Waals surface area contributed by atoms with Gasteiger partial charge in [-0.15, -0.1) is 11.3 Å². The van der Waals surface area contributed by atoms with Crippen molar-refractivity contribution in [1.82, 2.24) is 4.98 Å². The van der Waals surface area contributed by atoms with E-state index in [0.717, 1.165) is 10.2 Å². The molecule has 0 saturated carbocycles. The lowest BCUT2D eigenvalue weighted by atomic mass is 10.2. The van der Waals surface area contributed by atoms with Gasteiger partial charge in [0.05, 0.1) is 21.5 Å². The third kappa shape index (κ3) is 2.23. The van der Waals surface area contributed by atoms with E-state index < -0.39 is 9.05 Å². The third-order valence-corrected chi connectivity index (χ3v) is 3.53. The number of fused-ring (bicyclic) bond motifs is 1. The summed E-state index contributed by atoms with van der Waals surface area (Å²) in [6.45, 7) is 0. The lowest BCUT2D eigenvalue weighted by Gasteiger charge is -1.96. The Hall–Kier alpha value is -0.650. The minimum Gasteiger partial charge on any atom is -0.245 e. The fraction of sp³-hybridized carbons (Fsp3) is 0.125. The number of halogens is 1. The van der Waals surface area contributed by atoms with Crippen LogP contribution >= 0.6 is 22.0 Å². The average Bonchev–Trinajstić information content (AvgIpc) is 2.47. The third-order valence-electron chi connectivity index (χ3n) is 1.73. The highest BCUT2D eigenvalue weighted by molar-refractivity contribution is 8.13. The minimum atomic E-state index is -3.47. The number of nitrogens with zero attached hydrogens (tertiary/aromatic N) is 1. The predicted octanol–water partition coefficient (Wildman–Crippen LogP) is 2.36. The van der Waals surface area contributed by atoms with E-state index in [0.29, 0.717) is 5.56 Å². The molecule has 74 valence electrons. The second-order valence-electron chi connectivity index (χ2n) is 2.84. The van der Waals surface area contributed by atoms with Gasteiger partial charge in [-0.1, -0.05) is 6.07 Å². The standard InChI is InChI=1S/C8H6ClNO2S2/c9-14(11,12)4-6-1-2-7-8(3-6)13-5-10-7/h1-3,5H,4H2. The van der Waals surface area contributed by atoms with Crippen LogP contribution in [0.3, 0.4) is 0 Å². The molecule has 0 saturated heterocycles. The van der Waals surface area contributed by atoms with E-state index >= 15 is 0 Å². The summed E-state index contributed by atoms with van der Waals surface area (Å²) >= 11 is 1.48. The van der Waals surface area contributed by atoms with Gasteiger partial charge >= 0.3 is 0 Å². The second kappa shape index (κ2) is 3.49. The first-order chi connectivity index (χ1) is 6.54. The van der Waals surface area contributed by atoms with E-state index in [-0.39, 0.29) is 5.75 Å². The molecule has 0 N–H and O–H groups in total. The van der Waals surface area contributed by atoms with Crippen molar-refractivity contribution in [3.05, 3.63) is 29.3 Å². The van der Waals surface area contributed by atoms with Crippen molar-refractivity contribution in [2.24, 2.45) is 0 Å².